The largest absolute Gasteiger partial charge is 0.287 e. The highest BCUT2D eigenvalue weighted by atomic mass is 19.1. The molecule has 27 heavy (non-hydrogen) atoms. The monoisotopic (exact) mass is 357 g/mol. The molecule has 0 N–H and O–H groups in total. The van der Waals surface area contributed by atoms with Gasteiger partial charge < -0.3 is 0 Å². The summed E-state index contributed by atoms with van der Waals surface area (Å²) in [7, 11) is 0. The zero-order valence-electron chi connectivity index (χ0n) is 14.0. The van der Waals surface area contributed by atoms with E-state index in [0.717, 1.165) is 0 Å². The maximum atomic E-state index is 14.2. The summed E-state index contributed by atoms with van der Waals surface area (Å²) in [6, 6.07) is 18.1. The van der Waals surface area contributed by atoms with Gasteiger partial charge in [0, 0.05) is 12.3 Å². The molecule has 0 saturated carbocycles. The van der Waals surface area contributed by atoms with Crippen molar-refractivity contribution >= 4 is 0 Å². The first-order chi connectivity index (χ1) is 13.2. The predicted octanol–water partition coefficient (Wildman–Crippen LogP) is 3.10. The molecule has 7 heteroatoms. The summed E-state index contributed by atoms with van der Waals surface area (Å²) in [6.45, 7) is 0. The molecule has 2 aromatic heterocycles. The molecule has 2 heterocycles. The molecular weight excluding hydrogens is 345 g/mol. The minimum absolute atomic E-state index is 0.126. The quantitative estimate of drug-likeness (QED) is 0.565. The molecule has 0 bridgehead atoms. The molecule has 4 aromatic rings. The Morgan fingerprint density at radius 2 is 1.89 bits per heavy atom. The Kier molecular flexibility index (Phi) is 4.07. The molecule has 0 radical (unpaired) electrons. The lowest BCUT2D eigenvalue weighted by Gasteiger charge is -2.10. The third kappa shape index (κ3) is 3.00. The van der Waals surface area contributed by atoms with Gasteiger partial charge in [-0.3, -0.25) is 4.79 Å². The third-order valence-electron chi connectivity index (χ3n) is 4.01. The Labute approximate surface area is 153 Å². The van der Waals surface area contributed by atoms with Crippen LogP contribution in [-0.2, 0) is 0 Å². The molecule has 0 unspecified atom stereocenters. The average molecular weight is 357 g/mol. The lowest BCUT2D eigenvalue weighted by molar-refractivity contribution is 0.611. The molecule has 0 fully saturated rings. The van der Waals surface area contributed by atoms with Gasteiger partial charge in [0.05, 0.1) is 29.2 Å². The van der Waals surface area contributed by atoms with Gasteiger partial charge in [0.2, 0.25) is 5.43 Å². The second kappa shape index (κ2) is 6.69. The van der Waals surface area contributed by atoms with Gasteiger partial charge in [-0.15, -0.1) is 0 Å². The van der Waals surface area contributed by atoms with Gasteiger partial charge in [-0.05, 0) is 36.4 Å². The van der Waals surface area contributed by atoms with Crippen LogP contribution in [0.5, 0.6) is 0 Å². The standard InChI is InChI=1S/C20H12FN5O/c21-16-6-1-2-7-17(16)26-18(8-10-23-26)20-19(27)9-11-25(24-20)15-5-3-4-14(12-15)13-22/h1-12H. The molecule has 130 valence electrons. The molecule has 0 saturated heterocycles. The van der Waals surface area contributed by atoms with Crippen molar-refractivity contribution in [3.8, 4) is 28.8 Å². The summed E-state index contributed by atoms with van der Waals surface area (Å²) in [5.41, 5.74) is 1.51. The number of hydrogen-bond acceptors (Lipinski definition) is 4. The van der Waals surface area contributed by atoms with E-state index in [1.165, 1.54) is 33.9 Å². The number of halogens is 1. The minimum atomic E-state index is -0.458. The van der Waals surface area contributed by atoms with Crippen LogP contribution in [0.15, 0.2) is 77.9 Å². The van der Waals surface area contributed by atoms with Gasteiger partial charge >= 0.3 is 0 Å². The Bertz CT molecular complexity index is 1240. The van der Waals surface area contributed by atoms with Crippen molar-refractivity contribution in [2.24, 2.45) is 0 Å². The molecule has 0 aliphatic rings. The molecule has 0 spiro atoms. The van der Waals surface area contributed by atoms with E-state index in [2.05, 4.69) is 16.3 Å². The number of para-hydroxylation sites is 1. The normalized spacial score (nSPS) is 10.5. The van der Waals surface area contributed by atoms with Crippen molar-refractivity contribution in [2.45, 2.75) is 0 Å². The second-order valence-corrected chi connectivity index (χ2v) is 5.71. The number of aromatic nitrogens is 4. The molecule has 0 amide bonds. The van der Waals surface area contributed by atoms with E-state index >= 15 is 0 Å². The Balaban J connectivity index is 1.87. The lowest BCUT2D eigenvalue weighted by atomic mass is 10.2. The number of nitriles is 1. The van der Waals surface area contributed by atoms with Crippen molar-refractivity contribution in [3.63, 3.8) is 0 Å². The van der Waals surface area contributed by atoms with Crippen LogP contribution in [0.4, 0.5) is 4.39 Å². The highest BCUT2D eigenvalue weighted by Crippen LogP contribution is 2.20. The van der Waals surface area contributed by atoms with E-state index in [1.807, 2.05) is 0 Å². The average Bonchev–Trinajstić information content (AvgIpc) is 3.18. The van der Waals surface area contributed by atoms with Crippen LogP contribution < -0.4 is 5.43 Å². The van der Waals surface area contributed by atoms with Gasteiger partial charge in [0.15, 0.2) is 5.69 Å². The number of nitrogens with zero attached hydrogens (tertiary/aromatic N) is 5. The van der Waals surface area contributed by atoms with Crippen LogP contribution in [-0.4, -0.2) is 19.6 Å². The highest BCUT2D eigenvalue weighted by Gasteiger charge is 2.15. The molecule has 0 aliphatic heterocycles. The number of rotatable bonds is 3. The van der Waals surface area contributed by atoms with Crippen LogP contribution in [0.1, 0.15) is 5.56 Å². The van der Waals surface area contributed by atoms with Crippen LogP contribution in [0.2, 0.25) is 0 Å². The first-order valence-electron chi connectivity index (χ1n) is 8.07. The maximum Gasteiger partial charge on any atom is 0.209 e. The topological polar surface area (TPSA) is 76.5 Å². The maximum absolute atomic E-state index is 14.2. The fraction of sp³-hybridized carbons (Fsp3) is 0. The van der Waals surface area contributed by atoms with Crippen LogP contribution in [0.25, 0.3) is 22.8 Å². The molecule has 0 aliphatic carbocycles. The Morgan fingerprint density at radius 1 is 1.04 bits per heavy atom. The van der Waals surface area contributed by atoms with Crippen LogP contribution in [0.3, 0.4) is 0 Å². The van der Waals surface area contributed by atoms with Gasteiger partial charge in [0.1, 0.15) is 11.5 Å². The Morgan fingerprint density at radius 3 is 2.70 bits per heavy atom. The van der Waals surface area contributed by atoms with Crippen molar-refractivity contribution in [3.05, 3.63) is 94.7 Å². The van der Waals surface area contributed by atoms with E-state index in [9.17, 15) is 9.18 Å². The van der Waals surface area contributed by atoms with Crippen molar-refractivity contribution in [2.75, 3.05) is 0 Å². The zero-order valence-corrected chi connectivity index (χ0v) is 14.0. The van der Waals surface area contributed by atoms with E-state index in [4.69, 9.17) is 5.26 Å². The zero-order chi connectivity index (χ0) is 18.8. The summed E-state index contributed by atoms with van der Waals surface area (Å²) in [5, 5.41) is 17.6. The second-order valence-electron chi connectivity index (χ2n) is 5.71. The molecule has 2 aromatic carbocycles. The highest BCUT2D eigenvalue weighted by molar-refractivity contribution is 5.57. The number of benzene rings is 2. The fourth-order valence-corrected chi connectivity index (χ4v) is 2.74. The first-order valence-corrected chi connectivity index (χ1v) is 8.07. The predicted molar refractivity (Wildman–Crippen MR) is 97.1 cm³/mol. The summed E-state index contributed by atoms with van der Waals surface area (Å²) >= 11 is 0. The van der Waals surface area contributed by atoms with E-state index < -0.39 is 5.82 Å². The van der Waals surface area contributed by atoms with E-state index in [0.29, 0.717) is 16.9 Å². The van der Waals surface area contributed by atoms with Crippen molar-refractivity contribution < 1.29 is 4.39 Å². The SMILES string of the molecule is N#Cc1cccc(-n2ccc(=O)c(-c3ccnn3-c3ccccc3F)n2)c1. The lowest BCUT2D eigenvalue weighted by Crippen LogP contribution is -2.15. The fourth-order valence-electron chi connectivity index (χ4n) is 2.74. The van der Waals surface area contributed by atoms with Gasteiger partial charge in [-0.1, -0.05) is 18.2 Å². The number of hydrogen-bond donors (Lipinski definition) is 0. The summed E-state index contributed by atoms with van der Waals surface area (Å²) in [6.07, 6.45) is 3.00. The van der Waals surface area contributed by atoms with Crippen molar-refractivity contribution in [1.82, 2.24) is 19.6 Å². The van der Waals surface area contributed by atoms with Gasteiger partial charge in [0.25, 0.3) is 0 Å². The molecule has 6 nitrogen and oxygen atoms in total. The van der Waals surface area contributed by atoms with E-state index in [1.54, 1.807) is 48.5 Å². The molecule has 0 atom stereocenters. The first kappa shape index (κ1) is 16.4. The third-order valence-corrected chi connectivity index (χ3v) is 4.01. The minimum Gasteiger partial charge on any atom is -0.287 e. The molecular formula is C20H12FN5O. The summed E-state index contributed by atoms with van der Waals surface area (Å²) in [4.78, 5) is 12.4. The van der Waals surface area contributed by atoms with Gasteiger partial charge in [-0.25, -0.2) is 13.8 Å². The van der Waals surface area contributed by atoms with Crippen molar-refractivity contribution in [1.29, 1.82) is 5.26 Å². The summed E-state index contributed by atoms with van der Waals surface area (Å²) in [5.74, 6) is -0.458. The smallest absolute Gasteiger partial charge is 0.209 e. The van der Waals surface area contributed by atoms with Crippen LogP contribution >= 0.6 is 0 Å². The van der Waals surface area contributed by atoms with Crippen LogP contribution in [0, 0.1) is 17.1 Å². The Hall–Kier alpha value is -4.05. The molecule has 4 rings (SSSR count). The van der Waals surface area contributed by atoms with E-state index in [-0.39, 0.29) is 16.8 Å². The van der Waals surface area contributed by atoms with Gasteiger partial charge in [-0.2, -0.15) is 15.5 Å². The summed E-state index contributed by atoms with van der Waals surface area (Å²) < 4.78 is 17.0.